The second-order valence-electron chi connectivity index (χ2n) is 7.15. The van der Waals surface area contributed by atoms with E-state index < -0.39 is 0 Å². The number of rotatable bonds is 7. The Morgan fingerprint density at radius 1 is 1.07 bits per heavy atom. The lowest BCUT2D eigenvalue weighted by molar-refractivity contribution is -0.384. The van der Waals surface area contributed by atoms with Gasteiger partial charge in [0.25, 0.3) is 5.69 Å². The number of anilines is 1. The number of nitrogens with one attached hydrogen (secondary N) is 1. The molecule has 0 saturated carbocycles. The van der Waals surface area contributed by atoms with Crippen molar-refractivity contribution in [3.8, 4) is 0 Å². The van der Waals surface area contributed by atoms with Crippen molar-refractivity contribution in [1.29, 1.82) is 0 Å². The standard InChI is InChI=1S/C21H26N4O3/c1-17(18-5-3-2-4-6-18)15-22-21(26)16-23-11-13-24(14-12-23)19-7-9-20(10-8-19)25(27)28/h2-10,17H,11-16H2,1H3,(H,22,26)/t17-/m1/s1. The van der Waals surface area contributed by atoms with Crippen LogP contribution >= 0.6 is 0 Å². The molecular weight excluding hydrogens is 356 g/mol. The smallest absolute Gasteiger partial charge is 0.269 e. The predicted octanol–water partition coefficient (Wildman–Crippen LogP) is 2.64. The van der Waals surface area contributed by atoms with E-state index in [0.29, 0.717) is 13.1 Å². The van der Waals surface area contributed by atoms with Crippen LogP contribution in [0.1, 0.15) is 18.4 Å². The number of carbonyl (C=O) groups excluding carboxylic acids is 1. The molecule has 7 nitrogen and oxygen atoms in total. The third kappa shape index (κ3) is 5.29. The molecule has 28 heavy (non-hydrogen) atoms. The molecule has 148 valence electrons. The minimum Gasteiger partial charge on any atom is -0.369 e. The van der Waals surface area contributed by atoms with Crippen molar-refractivity contribution in [2.75, 3.05) is 44.2 Å². The first-order valence-electron chi connectivity index (χ1n) is 9.56. The number of nitro groups is 1. The molecule has 0 radical (unpaired) electrons. The van der Waals surface area contributed by atoms with Gasteiger partial charge >= 0.3 is 0 Å². The molecule has 1 amide bonds. The first-order valence-corrected chi connectivity index (χ1v) is 9.56. The van der Waals surface area contributed by atoms with Crippen LogP contribution in [0.2, 0.25) is 0 Å². The summed E-state index contributed by atoms with van der Waals surface area (Å²) in [7, 11) is 0. The average molecular weight is 382 g/mol. The first-order chi connectivity index (χ1) is 13.5. The van der Waals surface area contributed by atoms with Crippen molar-refractivity contribution in [3.05, 3.63) is 70.3 Å². The molecule has 0 unspecified atom stereocenters. The highest BCUT2D eigenvalue weighted by molar-refractivity contribution is 5.78. The van der Waals surface area contributed by atoms with Crippen LogP contribution in [0, 0.1) is 10.1 Å². The second kappa shape index (κ2) is 9.32. The highest BCUT2D eigenvalue weighted by Crippen LogP contribution is 2.20. The number of non-ortho nitro benzene ring substituents is 1. The van der Waals surface area contributed by atoms with Gasteiger partial charge in [-0.1, -0.05) is 37.3 Å². The second-order valence-corrected chi connectivity index (χ2v) is 7.15. The van der Waals surface area contributed by atoms with Gasteiger partial charge in [-0.2, -0.15) is 0 Å². The van der Waals surface area contributed by atoms with Gasteiger partial charge in [0, 0.05) is 50.5 Å². The number of nitrogens with zero attached hydrogens (tertiary/aromatic N) is 3. The maximum atomic E-state index is 12.3. The zero-order valence-electron chi connectivity index (χ0n) is 16.1. The van der Waals surface area contributed by atoms with Crippen molar-refractivity contribution in [3.63, 3.8) is 0 Å². The predicted molar refractivity (Wildman–Crippen MR) is 110 cm³/mol. The lowest BCUT2D eigenvalue weighted by Gasteiger charge is -2.35. The summed E-state index contributed by atoms with van der Waals surface area (Å²) >= 11 is 0. The number of nitro benzene ring substituents is 1. The molecule has 1 saturated heterocycles. The van der Waals surface area contributed by atoms with Crippen molar-refractivity contribution < 1.29 is 9.72 Å². The van der Waals surface area contributed by atoms with E-state index >= 15 is 0 Å². The lowest BCUT2D eigenvalue weighted by Crippen LogP contribution is -2.49. The normalized spacial score (nSPS) is 15.8. The van der Waals surface area contributed by atoms with Crippen LogP contribution in [0.25, 0.3) is 0 Å². The molecule has 1 heterocycles. The van der Waals surface area contributed by atoms with Crippen LogP contribution in [0.5, 0.6) is 0 Å². The molecule has 7 heteroatoms. The minimum absolute atomic E-state index is 0.0477. The topological polar surface area (TPSA) is 78.7 Å². The largest absolute Gasteiger partial charge is 0.369 e. The van der Waals surface area contributed by atoms with Crippen LogP contribution in [0.15, 0.2) is 54.6 Å². The number of amides is 1. The fourth-order valence-corrected chi connectivity index (χ4v) is 3.37. The van der Waals surface area contributed by atoms with E-state index in [0.717, 1.165) is 31.9 Å². The third-order valence-electron chi connectivity index (χ3n) is 5.14. The van der Waals surface area contributed by atoms with Gasteiger partial charge in [0.1, 0.15) is 0 Å². The van der Waals surface area contributed by atoms with Crippen LogP contribution < -0.4 is 10.2 Å². The Hall–Kier alpha value is -2.93. The van der Waals surface area contributed by atoms with E-state index in [1.165, 1.54) is 17.7 Å². The van der Waals surface area contributed by atoms with E-state index in [9.17, 15) is 14.9 Å². The average Bonchev–Trinajstić information content (AvgIpc) is 2.73. The summed E-state index contributed by atoms with van der Waals surface area (Å²) in [6.45, 7) is 6.31. The Balaban J connectivity index is 1.41. The number of piperazine rings is 1. The van der Waals surface area contributed by atoms with Crippen molar-refractivity contribution >= 4 is 17.3 Å². The minimum atomic E-state index is -0.390. The number of carbonyl (C=O) groups is 1. The van der Waals surface area contributed by atoms with Gasteiger partial charge in [-0.25, -0.2) is 0 Å². The van der Waals surface area contributed by atoms with Gasteiger partial charge in [-0.15, -0.1) is 0 Å². The SMILES string of the molecule is C[C@H](CNC(=O)CN1CCN(c2ccc([N+](=O)[O-])cc2)CC1)c1ccccc1. The zero-order chi connectivity index (χ0) is 19.9. The molecular formula is C21H26N4O3. The molecule has 3 rings (SSSR count). The maximum Gasteiger partial charge on any atom is 0.269 e. The summed E-state index contributed by atoms with van der Waals surface area (Å²) in [6, 6.07) is 16.8. The van der Waals surface area contributed by atoms with Crippen molar-refractivity contribution in [2.24, 2.45) is 0 Å². The quantitative estimate of drug-likeness (QED) is 0.588. The number of benzene rings is 2. The van der Waals surface area contributed by atoms with Gasteiger partial charge in [-0.3, -0.25) is 19.8 Å². The van der Waals surface area contributed by atoms with E-state index in [1.54, 1.807) is 12.1 Å². The summed E-state index contributed by atoms with van der Waals surface area (Å²) in [5.41, 5.74) is 2.30. The van der Waals surface area contributed by atoms with Gasteiger partial charge in [0.15, 0.2) is 0 Å². The van der Waals surface area contributed by atoms with E-state index in [2.05, 4.69) is 34.2 Å². The fraction of sp³-hybridized carbons (Fsp3) is 0.381. The van der Waals surface area contributed by atoms with Crippen LogP contribution in [0.3, 0.4) is 0 Å². The van der Waals surface area contributed by atoms with E-state index in [1.807, 2.05) is 18.2 Å². The molecule has 1 atom stereocenters. The van der Waals surface area contributed by atoms with Crippen molar-refractivity contribution in [1.82, 2.24) is 10.2 Å². The first kappa shape index (κ1) is 19.8. The van der Waals surface area contributed by atoms with Crippen LogP contribution in [-0.4, -0.2) is 55.0 Å². The third-order valence-corrected chi connectivity index (χ3v) is 5.14. The Bertz CT molecular complexity index is 787. The van der Waals surface area contributed by atoms with Gasteiger partial charge in [-0.05, 0) is 23.6 Å². The highest BCUT2D eigenvalue weighted by atomic mass is 16.6. The van der Waals surface area contributed by atoms with Gasteiger partial charge < -0.3 is 10.2 Å². The Labute approximate surface area is 165 Å². The molecule has 1 aliphatic heterocycles. The molecule has 0 bridgehead atoms. The molecule has 2 aromatic carbocycles. The molecule has 0 spiro atoms. The van der Waals surface area contributed by atoms with E-state index in [-0.39, 0.29) is 22.4 Å². The molecule has 0 aliphatic carbocycles. The Morgan fingerprint density at radius 3 is 2.32 bits per heavy atom. The maximum absolute atomic E-state index is 12.3. The summed E-state index contributed by atoms with van der Waals surface area (Å²) in [5, 5.41) is 13.8. The summed E-state index contributed by atoms with van der Waals surface area (Å²) in [4.78, 5) is 27.0. The van der Waals surface area contributed by atoms with Gasteiger partial charge in [0.05, 0.1) is 11.5 Å². The monoisotopic (exact) mass is 382 g/mol. The van der Waals surface area contributed by atoms with Crippen molar-refractivity contribution in [2.45, 2.75) is 12.8 Å². The summed E-state index contributed by atoms with van der Waals surface area (Å²) in [5.74, 6) is 0.329. The molecule has 1 fully saturated rings. The molecule has 0 aromatic heterocycles. The van der Waals surface area contributed by atoms with Crippen LogP contribution in [-0.2, 0) is 4.79 Å². The Morgan fingerprint density at radius 2 is 1.71 bits per heavy atom. The summed E-state index contributed by atoms with van der Waals surface area (Å²) in [6.07, 6.45) is 0. The fourth-order valence-electron chi connectivity index (χ4n) is 3.37. The molecule has 1 N–H and O–H groups in total. The molecule has 2 aromatic rings. The zero-order valence-corrected chi connectivity index (χ0v) is 16.1. The highest BCUT2D eigenvalue weighted by Gasteiger charge is 2.20. The van der Waals surface area contributed by atoms with Gasteiger partial charge in [0.2, 0.25) is 5.91 Å². The number of hydrogen-bond donors (Lipinski definition) is 1. The number of hydrogen-bond acceptors (Lipinski definition) is 5. The molecule has 1 aliphatic rings. The lowest BCUT2D eigenvalue weighted by atomic mass is 10.0. The summed E-state index contributed by atoms with van der Waals surface area (Å²) < 4.78 is 0. The van der Waals surface area contributed by atoms with Crippen LogP contribution in [0.4, 0.5) is 11.4 Å². The van der Waals surface area contributed by atoms with E-state index in [4.69, 9.17) is 0 Å². The Kier molecular flexibility index (Phi) is 6.60.